The Hall–Kier alpha value is -1.10. The topological polar surface area (TPSA) is 49.6 Å². The number of halogens is 1. The lowest BCUT2D eigenvalue weighted by molar-refractivity contribution is -0.134. The van der Waals surface area contributed by atoms with E-state index in [1.165, 1.54) is 0 Å². The van der Waals surface area contributed by atoms with E-state index >= 15 is 0 Å². The van der Waals surface area contributed by atoms with Crippen molar-refractivity contribution in [1.82, 2.24) is 9.80 Å². The molecule has 1 fully saturated rings. The molecule has 0 aliphatic carbocycles. The Morgan fingerprint density at radius 1 is 1.39 bits per heavy atom. The van der Waals surface area contributed by atoms with Gasteiger partial charge in [-0.05, 0) is 17.2 Å². The number of amides is 1. The van der Waals surface area contributed by atoms with Crippen molar-refractivity contribution in [1.29, 1.82) is 0 Å². The number of rotatable bonds is 3. The summed E-state index contributed by atoms with van der Waals surface area (Å²) in [6.07, 6.45) is 0. The zero-order chi connectivity index (χ0) is 13.1. The first-order valence-corrected chi connectivity index (χ1v) is 6.41. The van der Waals surface area contributed by atoms with Gasteiger partial charge in [-0.1, -0.05) is 23.7 Å². The second-order valence-corrected chi connectivity index (χ2v) is 5.06. The Bertz CT molecular complexity index is 450. The summed E-state index contributed by atoms with van der Waals surface area (Å²) in [5, 5.41) is 0.726. The predicted octanol–water partition coefficient (Wildman–Crippen LogP) is 1.07. The largest absolute Gasteiger partial charge is 0.343 e. The summed E-state index contributed by atoms with van der Waals surface area (Å²) in [6, 6.07) is 5.88. The van der Waals surface area contributed by atoms with E-state index in [4.69, 9.17) is 17.3 Å². The van der Waals surface area contributed by atoms with E-state index in [9.17, 15) is 4.79 Å². The first kappa shape index (κ1) is 13.3. The molecule has 1 heterocycles. The van der Waals surface area contributed by atoms with Crippen LogP contribution in [0.4, 0.5) is 0 Å². The van der Waals surface area contributed by atoms with Gasteiger partial charge in [-0.3, -0.25) is 9.69 Å². The molecule has 4 nitrogen and oxygen atoms in total. The van der Waals surface area contributed by atoms with Crippen molar-refractivity contribution >= 4 is 17.5 Å². The fraction of sp³-hybridized carbons (Fsp3) is 0.462. The van der Waals surface area contributed by atoms with Gasteiger partial charge in [0.25, 0.3) is 0 Å². The number of nitrogens with zero attached hydrogens (tertiary/aromatic N) is 2. The Kier molecular flexibility index (Phi) is 4.22. The minimum Gasteiger partial charge on any atom is -0.343 e. The lowest BCUT2D eigenvalue weighted by Gasteiger charge is -2.32. The van der Waals surface area contributed by atoms with E-state index in [1.54, 1.807) is 4.90 Å². The number of likely N-dealkylation sites (N-methyl/N-ethyl adjacent to an activating group) is 1. The first-order chi connectivity index (χ1) is 8.60. The summed E-state index contributed by atoms with van der Waals surface area (Å²) >= 11 is 6.21. The third-order valence-corrected chi connectivity index (χ3v) is 3.64. The molecule has 1 amide bonds. The van der Waals surface area contributed by atoms with Gasteiger partial charge in [0.15, 0.2) is 0 Å². The lowest BCUT2D eigenvalue weighted by atomic mass is 10.1. The van der Waals surface area contributed by atoms with Gasteiger partial charge in [-0.25, -0.2) is 0 Å². The molecule has 1 aromatic carbocycles. The molecule has 0 unspecified atom stereocenters. The highest BCUT2D eigenvalue weighted by Gasteiger charge is 2.21. The molecule has 5 heteroatoms. The summed E-state index contributed by atoms with van der Waals surface area (Å²) in [4.78, 5) is 15.5. The number of hydrogen-bond donors (Lipinski definition) is 1. The molecule has 2 N–H and O–H groups in total. The van der Waals surface area contributed by atoms with E-state index in [1.807, 2.05) is 25.2 Å². The van der Waals surface area contributed by atoms with E-state index in [0.29, 0.717) is 19.6 Å². The van der Waals surface area contributed by atoms with Gasteiger partial charge in [0.05, 0.1) is 6.54 Å². The van der Waals surface area contributed by atoms with Crippen molar-refractivity contribution in [2.45, 2.75) is 13.1 Å². The highest BCUT2D eigenvalue weighted by atomic mass is 35.5. The first-order valence-electron chi connectivity index (χ1n) is 6.04. The number of piperazine rings is 1. The fourth-order valence-electron chi connectivity index (χ4n) is 2.03. The van der Waals surface area contributed by atoms with Crippen LogP contribution in [-0.4, -0.2) is 42.4 Å². The van der Waals surface area contributed by atoms with Gasteiger partial charge in [0.1, 0.15) is 0 Å². The maximum Gasteiger partial charge on any atom is 0.236 e. The maximum absolute atomic E-state index is 11.6. The molecule has 0 atom stereocenters. The lowest BCUT2D eigenvalue weighted by Crippen LogP contribution is -2.47. The second kappa shape index (κ2) is 5.69. The Labute approximate surface area is 112 Å². The molecular weight excluding hydrogens is 250 g/mol. The predicted molar refractivity (Wildman–Crippen MR) is 72.3 cm³/mol. The van der Waals surface area contributed by atoms with Gasteiger partial charge in [0, 0.05) is 38.2 Å². The smallest absolute Gasteiger partial charge is 0.236 e. The quantitative estimate of drug-likeness (QED) is 0.891. The number of carbonyl (C=O) groups is 1. The Balaban J connectivity index is 2.03. The van der Waals surface area contributed by atoms with Crippen LogP contribution in [0.1, 0.15) is 11.1 Å². The van der Waals surface area contributed by atoms with Crippen LogP contribution >= 0.6 is 11.6 Å². The van der Waals surface area contributed by atoms with Crippen LogP contribution in [0.2, 0.25) is 5.02 Å². The summed E-state index contributed by atoms with van der Waals surface area (Å²) < 4.78 is 0. The van der Waals surface area contributed by atoms with Crippen LogP contribution in [0, 0.1) is 0 Å². The van der Waals surface area contributed by atoms with Crippen LogP contribution < -0.4 is 5.73 Å². The summed E-state index contributed by atoms with van der Waals surface area (Å²) in [5.41, 5.74) is 7.64. The molecule has 0 saturated carbocycles. The molecule has 1 aromatic rings. The highest BCUT2D eigenvalue weighted by molar-refractivity contribution is 6.31. The average Bonchev–Trinajstić information content (AvgIpc) is 2.36. The number of hydrogen-bond acceptors (Lipinski definition) is 3. The molecule has 0 spiro atoms. The van der Waals surface area contributed by atoms with Crippen molar-refractivity contribution in [2.75, 3.05) is 26.7 Å². The highest BCUT2D eigenvalue weighted by Crippen LogP contribution is 2.20. The van der Waals surface area contributed by atoms with Gasteiger partial charge < -0.3 is 10.6 Å². The van der Waals surface area contributed by atoms with Gasteiger partial charge in [-0.2, -0.15) is 0 Å². The number of benzene rings is 1. The van der Waals surface area contributed by atoms with Crippen molar-refractivity contribution in [3.63, 3.8) is 0 Å². The monoisotopic (exact) mass is 267 g/mol. The Morgan fingerprint density at radius 2 is 2.17 bits per heavy atom. The average molecular weight is 268 g/mol. The molecule has 1 saturated heterocycles. The van der Waals surface area contributed by atoms with E-state index in [0.717, 1.165) is 29.2 Å². The molecule has 1 aliphatic rings. The van der Waals surface area contributed by atoms with Gasteiger partial charge in [0.2, 0.25) is 5.91 Å². The Morgan fingerprint density at radius 3 is 2.78 bits per heavy atom. The van der Waals surface area contributed by atoms with E-state index in [-0.39, 0.29) is 5.91 Å². The standard InChI is InChI=1S/C13H18ClN3O/c1-16-4-5-17(9-13(16)18)8-11-3-2-10(7-15)6-12(11)14/h2-3,6H,4-5,7-9,15H2,1H3. The van der Waals surface area contributed by atoms with Crippen LogP contribution in [0.15, 0.2) is 18.2 Å². The van der Waals surface area contributed by atoms with Crippen molar-refractivity contribution in [3.8, 4) is 0 Å². The van der Waals surface area contributed by atoms with Crippen molar-refractivity contribution in [3.05, 3.63) is 34.3 Å². The van der Waals surface area contributed by atoms with Crippen LogP contribution in [0.5, 0.6) is 0 Å². The molecule has 0 aromatic heterocycles. The van der Waals surface area contributed by atoms with E-state index < -0.39 is 0 Å². The third-order valence-electron chi connectivity index (χ3n) is 3.28. The molecule has 18 heavy (non-hydrogen) atoms. The maximum atomic E-state index is 11.6. The SMILES string of the molecule is CN1CCN(Cc2ccc(CN)cc2Cl)CC1=O. The molecular formula is C13H18ClN3O. The van der Waals surface area contributed by atoms with Crippen molar-refractivity contribution in [2.24, 2.45) is 5.73 Å². The molecule has 0 bridgehead atoms. The second-order valence-electron chi connectivity index (χ2n) is 4.66. The molecule has 1 aliphatic heterocycles. The normalized spacial score (nSPS) is 17.3. The fourth-order valence-corrected chi connectivity index (χ4v) is 2.29. The van der Waals surface area contributed by atoms with Crippen LogP contribution in [0.25, 0.3) is 0 Å². The van der Waals surface area contributed by atoms with Gasteiger partial charge >= 0.3 is 0 Å². The summed E-state index contributed by atoms with van der Waals surface area (Å²) in [6.45, 7) is 3.33. The van der Waals surface area contributed by atoms with Crippen LogP contribution in [-0.2, 0) is 17.9 Å². The molecule has 98 valence electrons. The molecule has 0 radical (unpaired) electrons. The van der Waals surface area contributed by atoms with Gasteiger partial charge in [-0.15, -0.1) is 0 Å². The third kappa shape index (κ3) is 3.02. The zero-order valence-electron chi connectivity index (χ0n) is 10.5. The van der Waals surface area contributed by atoms with Crippen LogP contribution in [0.3, 0.4) is 0 Å². The van der Waals surface area contributed by atoms with Crippen molar-refractivity contribution < 1.29 is 4.79 Å². The zero-order valence-corrected chi connectivity index (χ0v) is 11.3. The molecule has 2 rings (SSSR count). The summed E-state index contributed by atoms with van der Waals surface area (Å²) in [7, 11) is 1.84. The number of nitrogens with two attached hydrogens (primary N) is 1. The minimum absolute atomic E-state index is 0.163. The van der Waals surface area contributed by atoms with E-state index in [2.05, 4.69) is 4.90 Å². The number of carbonyl (C=O) groups excluding carboxylic acids is 1. The minimum atomic E-state index is 0.163. The summed E-state index contributed by atoms with van der Waals surface area (Å²) in [5.74, 6) is 0.163.